The Morgan fingerprint density at radius 2 is 1.19 bits per heavy atom. The van der Waals surface area contributed by atoms with Crippen molar-refractivity contribution >= 4 is 6.16 Å². The van der Waals surface area contributed by atoms with Crippen molar-refractivity contribution in [2.75, 3.05) is 26.4 Å². The highest BCUT2D eigenvalue weighted by atomic mass is 16.7. The van der Waals surface area contributed by atoms with Crippen LogP contribution in [0, 0.1) is 17.3 Å². The lowest BCUT2D eigenvalue weighted by molar-refractivity contribution is 0.0316. The van der Waals surface area contributed by atoms with Crippen molar-refractivity contribution < 1.29 is 24.5 Å². The van der Waals surface area contributed by atoms with E-state index < -0.39 is 6.16 Å². The number of ether oxygens (including phenoxy) is 2. The normalized spacial score (nSPS) is 13.3. The van der Waals surface area contributed by atoms with Gasteiger partial charge in [-0.25, -0.2) is 4.79 Å². The van der Waals surface area contributed by atoms with Gasteiger partial charge in [0.05, 0.1) is 26.4 Å². The van der Waals surface area contributed by atoms with E-state index in [4.69, 9.17) is 19.7 Å². The second-order valence-electron chi connectivity index (χ2n) is 8.19. The largest absolute Gasteiger partial charge is 0.508 e. The van der Waals surface area contributed by atoms with Crippen LogP contribution in [0.25, 0.3) is 0 Å². The Hall–Kier alpha value is -0.810. The molecule has 0 heterocycles. The van der Waals surface area contributed by atoms with Gasteiger partial charge in [0, 0.05) is 5.41 Å². The number of hydrogen-bond acceptors (Lipinski definition) is 5. The van der Waals surface area contributed by atoms with E-state index in [1.165, 1.54) is 25.7 Å². The maximum atomic E-state index is 11.6. The molecule has 0 aliphatic rings. The predicted molar refractivity (Wildman–Crippen MR) is 112 cm³/mol. The zero-order valence-corrected chi connectivity index (χ0v) is 18.8. The fraction of sp³-hybridized carbons (Fsp3) is 0.955. The van der Waals surface area contributed by atoms with E-state index in [0.717, 1.165) is 25.7 Å². The van der Waals surface area contributed by atoms with Crippen LogP contribution < -0.4 is 0 Å². The predicted octanol–water partition coefficient (Wildman–Crippen LogP) is 5.57. The SMILES string of the molecule is CC(C)(CO)CO.CCCCC(CC)COC(=O)OCC(CC)CCCC. The zero-order valence-electron chi connectivity index (χ0n) is 18.8. The number of hydrogen-bond donors (Lipinski definition) is 2. The van der Waals surface area contributed by atoms with Crippen LogP contribution in [-0.2, 0) is 9.47 Å². The maximum absolute atomic E-state index is 11.6. The van der Waals surface area contributed by atoms with Crippen molar-refractivity contribution in [1.29, 1.82) is 0 Å². The second-order valence-corrected chi connectivity index (χ2v) is 8.19. The highest BCUT2D eigenvalue weighted by molar-refractivity contribution is 5.59. The Morgan fingerprint density at radius 3 is 1.41 bits per heavy atom. The topological polar surface area (TPSA) is 76.0 Å². The molecule has 5 heteroatoms. The van der Waals surface area contributed by atoms with Crippen molar-refractivity contribution in [3.63, 3.8) is 0 Å². The fourth-order valence-corrected chi connectivity index (χ4v) is 2.26. The van der Waals surface area contributed by atoms with E-state index in [1.807, 2.05) is 0 Å². The molecule has 2 N–H and O–H groups in total. The average Bonchev–Trinajstić information content (AvgIpc) is 2.68. The number of rotatable bonds is 14. The lowest BCUT2D eigenvalue weighted by atomic mass is 9.97. The third kappa shape index (κ3) is 18.3. The summed E-state index contributed by atoms with van der Waals surface area (Å²) in [4.78, 5) is 11.6. The van der Waals surface area contributed by atoms with E-state index in [9.17, 15) is 4.79 Å². The molecule has 0 fully saturated rings. The van der Waals surface area contributed by atoms with Crippen molar-refractivity contribution in [1.82, 2.24) is 0 Å². The van der Waals surface area contributed by atoms with Gasteiger partial charge in [-0.2, -0.15) is 0 Å². The summed E-state index contributed by atoms with van der Waals surface area (Å²) in [6.45, 7) is 13.3. The standard InChI is InChI=1S/C17H34O3.C5H12O2/c1-5-9-11-15(7-3)13-19-17(18)20-14-16(8-4)12-10-6-2;1-5(2,3-6)4-7/h15-16H,5-14H2,1-4H3;6-7H,3-4H2,1-2H3. The molecule has 2 unspecified atom stereocenters. The number of carbonyl (C=O) groups is 1. The van der Waals surface area contributed by atoms with Gasteiger partial charge in [0.2, 0.25) is 0 Å². The molecule has 0 bridgehead atoms. The van der Waals surface area contributed by atoms with Crippen LogP contribution in [0.15, 0.2) is 0 Å². The molecular formula is C22H46O5. The summed E-state index contributed by atoms with van der Waals surface area (Å²) in [6.07, 6.45) is 8.67. The minimum Gasteiger partial charge on any atom is -0.434 e. The van der Waals surface area contributed by atoms with Crippen LogP contribution in [0.5, 0.6) is 0 Å². The summed E-state index contributed by atoms with van der Waals surface area (Å²) >= 11 is 0. The lowest BCUT2D eigenvalue weighted by Gasteiger charge is -2.17. The summed E-state index contributed by atoms with van der Waals surface area (Å²) < 4.78 is 10.5. The third-order valence-corrected chi connectivity index (χ3v) is 4.82. The van der Waals surface area contributed by atoms with Gasteiger partial charge < -0.3 is 19.7 Å². The Morgan fingerprint density at radius 1 is 0.815 bits per heavy atom. The first-order chi connectivity index (χ1) is 12.8. The molecule has 0 aliphatic carbocycles. The van der Waals surface area contributed by atoms with Crippen molar-refractivity contribution in [2.45, 2.75) is 92.9 Å². The van der Waals surface area contributed by atoms with Gasteiger partial charge in [-0.1, -0.05) is 80.1 Å². The summed E-state index contributed by atoms with van der Waals surface area (Å²) in [5.41, 5.74) is -0.306. The molecule has 164 valence electrons. The molecule has 0 amide bonds. The van der Waals surface area contributed by atoms with Gasteiger partial charge in [-0.15, -0.1) is 0 Å². The Balaban J connectivity index is 0. The van der Waals surface area contributed by atoms with Crippen molar-refractivity contribution in [3.05, 3.63) is 0 Å². The van der Waals surface area contributed by atoms with E-state index in [1.54, 1.807) is 13.8 Å². The van der Waals surface area contributed by atoms with Crippen LogP contribution in [0.1, 0.15) is 92.9 Å². The van der Waals surface area contributed by atoms with Gasteiger partial charge in [0.25, 0.3) is 0 Å². The Kier molecular flexibility index (Phi) is 19.5. The monoisotopic (exact) mass is 390 g/mol. The van der Waals surface area contributed by atoms with Crippen LogP contribution in [0.3, 0.4) is 0 Å². The van der Waals surface area contributed by atoms with Gasteiger partial charge in [0.1, 0.15) is 0 Å². The Labute approximate surface area is 167 Å². The Bertz CT molecular complexity index is 303. The molecule has 5 nitrogen and oxygen atoms in total. The number of unbranched alkanes of at least 4 members (excludes halogenated alkanes) is 2. The maximum Gasteiger partial charge on any atom is 0.508 e. The summed E-state index contributed by atoms with van der Waals surface area (Å²) in [7, 11) is 0. The molecule has 0 aromatic carbocycles. The minimum atomic E-state index is -0.491. The van der Waals surface area contributed by atoms with Gasteiger partial charge in [-0.3, -0.25) is 0 Å². The van der Waals surface area contributed by atoms with E-state index in [0.29, 0.717) is 25.0 Å². The molecule has 0 spiro atoms. The van der Waals surface area contributed by atoms with Gasteiger partial charge in [0.15, 0.2) is 0 Å². The molecule has 0 radical (unpaired) electrons. The molecule has 0 aromatic heterocycles. The van der Waals surface area contributed by atoms with E-state index in [-0.39, 0.29) is 18.6 Å². The zero-order chi connectivity index (χ0) is 21.1. The van der Waals surface area contributed by atoms with Crippen LogP contribution in [0.4, 0.5) is 4.79 Å². The number of aliphatic hydroxyl groups is 2. The molecule has 27 heavy (non-hydrogen) atoms. The first-order valence-corrected chi connectivity index (χ1v) is 10.8. The highest BCUT2D eigenvalue weighted by Crippen LogP contribution is 2.15. The quantitative estimate of drug-likeness (QED) is 0.379. The van der Waals surface area contributed by atoms with E-state index >= 15 is 0 Å². The summed E-state index contributed by atoms with van der Waals surface area (Å²) in [6, 6.07) is 0. The molecule has 0 aliphatic heterocycles. The smallest absolute Gasteiger partial charge is 0.434 e. The fourth-order valence-electron chi connectivity index (χ4n) is 2.26. The average molecular weight is 391 g/mol. The molecule has 2 atom stereocenters. The van der Waals surface area contributed by atoms with Gasteiger partial charge >= 0.3 is 6.16 Å². The molecule has 0 saturated heterocycles. The van der Waals surface area contributed by atoms with Crippen LogP contribution in [0.2, 0.25) is 0 Å². The molecule has 0 rings (SSSR count). The first kappa shape index (κ1) is 28.4. The number of aliphatic hydroxyl groups excluding tert-OH is 2. The van der Waals surface area contributed by atoms with Crippen molar-refractivity contribution in [3.8, 4) is 0 Å². The second kappa shape index (κ2) is 18.5. The van der Waals surface area contributed by atoms with Crippen LogP contribution >= 0.6 is 0 Å². The lowest BCUT2D eigenvalue weighted by Crippen LogP contribution is -2.20. The molecule has 0 saturated carbocycles. The molecular weight excluding hydrogens is 344 g/mol. The first-order valence-electron chi connectivity index (χ1n) is 10.8. The van der Waals surface area contributed by atoms with Gasteiger partial charge in [-0.05, 0) is 24.7 Å². The molecule has 0 aromatic rings. The van der Waals surface area contributed by atoms with Crippen molar-refractivity contribution in [2.24, 2.45) is 17.3 Å². The third-order valence-electron chi connectivity index (χ3n) is 4.82. The van der Waals surface area contributed by atoms with E-state index in [2.05, 4.69) is 27.7 Å². The minimum absolute atomic E-state index is 0.0451. The summed E-state index contributed by atoms with van der Waals surface area (Å²) in [5.74, 6) is 0.953. The van der Waals surface area contributed by atoms with Crippen LogP contribution in [-0.4, -0.2) is 42.8 Å². The number of carbonyl (C=O) groups excluding carboxylic acids is 1. The summed E-state index contributed by atoms with van der Waals surface area (Å²) in [5, 5.41) is 16.9. The highest BCUT2D eigenvalue weighted by Gasteiger charge is 2.14.